The van der Waals surface area contributed by atoms with Crippen molar-refractivity contribution in [2.24, 2.45) is 0 Å². The summed E-state index contributed by atoms with van der Waals surface area (Å²) in [4.78, 5) is 11.8. The third-order valence-electron chi connectivity index (χ3n) is 3.64. The van der Waals surface area contributed by atoms with Crippen LogP contribution in [0.5, 0.6) is 0 Å². The van der Waals surface area contributed by atoms with Gasteiger partial charge in [-0.05, 0) is 12.1 Å². The van der Waals surface area contributed by atoms with Crippen LogP contribution in [0.15, 0.2) is 46.5 Å². The van der Waals surface area contributed by atoms with E-state index in [0.717, 1.165) is 6.33 Å². The van der Waals surface area contributed by atoms with Crippen LogP contribution in [0.1, 0.15) is 0 Å². The molecule has 0 aliphatic heterocycles. The standard InChI is InChI=1S/C15H15F2N5O2S/c1-22(7-10(16)17)15-12-11(19-8-20-15)13(14(18)21-12)25(23,24)9-5-3-2-4-6-9/h2-6,8,10,21H,7,18H2,1H3. The number of H-pyrrole nitrogens is 1. The van der Waals surface area contributed by atoms with Crippen LogP contribution in [0.25, 0.3) is 11.0 Å². The Hall–Kier alpha value is -2.75. The molecule has 0 saturated carbocycles. The van der Waals surface area contributed by atoms with Crippen LogP contribution < -0.4 is 10.6 Å². The molecule has 2 heterocycles. The molecule has 0 amide bonds. The summed E-state index contributed by atoms with van der Waals surface area (Å²) in [6.45, 7) is -0.564. The van der Waals surface area contributed by atoms with Crippen molar-refractivity contribution in [1.82, 2.24) is 15.0 Å². The third kappa shape index (κ3) is 3.00. The van der Waals surface area contributed by atoms with Crippen LogP contribution in [0, 0.1) is 0 Å². The second-order valence-electron chi connectivity index (χ2n) is 5.38. The minimum absolute atomic E-state index is 0.0590. The molecule has 0 aliphatic rings. The number of hydrogen-bond donors (Lipinski definition) is 2. The molecule has 0 radical (unpaired) electrons. The second kappa shape index (κ2) is 6.28. The van der Waals surface area contributed by atoms with Crippen molar-refractivity contribution >= 4 is 32.5 Å². The number of anilines is 2. The van der Waals surface area contributed by atoms with Crippen molar-refractivity contribution in [2.45, 2.75) is 16.2 Å². The van der Waals surface area contributed by atoms with E-state index in [2.05, 4.69) is 15.0 Å². The first-order valence-corrected chi connectivity index (χ1v) is 8.72. The number of nitrogens with zero attached hydrogens (tertiary/aromatic N) is 3. The van der Waals surface area contributed by atoms with Gasteiger partial charge >= 0.3 is 0 Å². The first-order valence-electron chi connectivity index (χ1n) is 7.24. The average Bonchev–Trinajstić information content (AvgIpc) is 2.91. The zero-order valence-electron chi connectivity index (χ0n) is 13.1. The lowest BCUT2D eigenvalue weighted by Crippen LogP contribution is -2.25. The van der Waals surface area contributed by atoms with E-state index in [9.17, 15) is 17.2 Å². The summed E-state index contributed by atoms with van der Waals surface area (Å²) in [5.74, 6) is 0.0255. The maximum absolute atomic E-state index is 12.9. The zero-order valence-corrected chi connectivity index (χ0v) is 14.0. The SMILES string of the molecule is CN(CC(F)F)c1ncnc2c(S(=O)(=O)c3ccccc3)c(N)[nH]c12. The summed E-state index contributed by atoms with van der Waals surface area (Å²) >= 11 is 0. The fourth-order valence-electron chi connectivity index (χ4n) is 2.55. The summed E-state index contributed by atoms with van der Waals surface area (Å²) in [7, 11) is -2.50. The maximum Gasteiger partial charge on any atom is 0.255 e. The lowest BCUT2D eigenvalue weighted by Gasteiger charge is -2.17. The predicted molar refractivity (Wildman–Crippen MR) is 89.5 cm³/mol. The van der Waals surface area contributed by atoms with Gasteiger partial charge in [-0.2, -0.15) is 0 Å². The van der Waals surface area contributed by atoms with Gasteiger partial charge in [-0.15, -0.1) is 0 Å². The molecule has 2 aromatic heterocycles. The van der Waals surface area contributed by atoms with E-state index in [0.29, 0.717) is 0 Å². The van der Waals surface area contributed by atoms with Gasteiger partial charge in [0.1, 0.15) is 28.1 Å². The Morgan fingerprint density at radius 1 is 1.24 bits per heavy atom. The molecule has 0 aliphatic carbocycles. The molecule has 0 saturated heterocycles. The zero-order chi connectivity index (χ0) is 18.2. The molecule has 3 aromatic rings. The van der Waals surface area contributed by atoms with Gasteiger partial charge < -0.3 is 15.6 Å². The highest BCUT2D eigenvalue weighted by molar-refractivity contribution is 7.92. The lowest BCUT2D eigenvalue weighted by molar-refractivity contribution is 0.156. The molecule has 132 valence electrons. The van der Waals surface area contributed by atoms with Crippen LogP contribution in [-0.2, 0) is 9.84 Å². The molecule has 0 atom stereocenters. The summed E-state index contributed by atoms with van der Waals surface area (Å²) in [5, 5.41) is 0. The number of rotatable bonds is 5. The van der Waals surface area contributed by atoms with E-state index >= 15 is 0 Å². The van der Waals surface area contributed by atoms with Crippen LogP contribution in [0.3, 0.4) is 0 Å². The molecule has 0 unspecified atom stereocenters. The Labute approximate surface area is 142 Å². The predicted octanol–water partition coefficient (Wildman–Crippen LogP) is 2.07. The fraction of sp³-hybridized carbons (Fsp3) is 0.200. The Morgan fingerprint density at radius 3 is 2.56 bits per heavy atom. The van der Waals surface area contributed by atoms with E-state index in [-0.39, 0.29) is 32.5 Å². The topological polar surface area (TPSA) is 105 Å². The van der Waals surface area contributed by atoms with Crippen molar-refractivity contribution in [3.8, 4) is 0 Å². The number of fused-ring (bicyclic) bond motifs is 1. The number of nitrogens with one attached hydrogen (secondary N) is 1. The number of benzene rings is 1. The summed E-state index contributed by atoms with van der Waals surface area (Å²) in [6.07, 6.45) is -1.45. The lowest BCUT2D eigenvalue weighted by atomic mass is 10.4. The van der Waals surface area contributed by atoms with E-state index in [1.165, 1.54) is 24.1 Å². The second-order valence-corrected chi connectivity index (χ2v) is 7.26. The summed E-state index contributed by atoms with van der Waals surface area (Å²) in [5.41, 5.74) is 6.13. The minimum Gasteiger partial charge on any atom is -0.384 e. The number of aromatic nitrogens is 3. The van der Waals surface area contributed by atoms with E-state index < -0.39 is 22.8 Å². The van der Waals surface area contributed by atoms with Gasteiger partial charge in [0.05, 0.1) is 11.4 Å². The normalized spacial score (nSPS) is 12.0. The minimum atomic E-state index is -3.93. The molecule has 0 fully saturated rings. The summed E-state index contributed by atoms with van der Waals surface area (Å²) < 4.78 is 51.1. The number of sulfone groups is 1. The van der Waals surface area contributed by atoms with Gasteiger partial charge in [0.2, 0.25) is 9.84 Å². The van der Waals surface area contributed by atoms with Gasteiger partial charge in [0.25, 0.3) is 6.43 Å². The molecular formula is C15H15F2N5O2S. The van der Waals surface area contributed by atoms with Crippen LogP contribution in [0.4, 0.5) is 20.4 Å². The molecule has 3 N–H and O–H groups in total. The van der Waals surface area contributed by atoms with Gasteiger partial charge in [-0.3, -0.25) is 0 Å². The molecule has 0 spiro atoms. The Bertz CT molecular complexity index is 1010. The molecule has 7 nitrogen and oxygen atoms in total. The first kappa shape index (κ1) is 17.1. The number of nitrogen functional groups attached to an aromatic ring is 1. The van der Waals surface area contributed by atoms with Crippen LogP contribution in [-0.4, -0.2) is 43.4 Å². The molecule has 10 heteroatoms. The van der Waals surface area contributed by atoms with Crippen LogP contribution in [0.2, 0.25) is 0 Å². The van der Waals surface area contributed by atoms with Crippen molar-refractivity contribution in [3.05, 3.63) is 36.7 Å². The highest BCUT2D eigenvalue weighted by atomic mass is 32.2. The quantitative estimate of drug-likeness (QED) is 0.715. The smallest absolute Gasteiger partial charge is 0.255 e. The number of nitrogens with two attached hydrogens (primary N) is 1. The largest absolute Gasteiger partial charge is 0.384 e. The fourth-order valence-corrected chi connectivity index (χ4v) is 4.06. The molecule has 3 rings (SSSR count). The third-order valence-corrected chi connectivity index (χ3v) is 5.49. The first-order chi connectivity index (χ1) is 11.8. The van der Waals surface area contributed by atoms with Gasteiger partial charge in [0.15, 0.2) is 5.82 Å². The van der Waals surface area contributed by atoms with Crippen molar-refractivity contribution < 1.29 is 17.2 Å². The monoisotopic (exact) mass is 367 g/mol. The Balaban J connectivity index is 2.20. The van der Waals surface area contributed by atoms with E-state index in [1.54, 1.807) is 18.2 Å². The van der Waals surface area contributed by atoms with Crippen molar-refractivity contribution in [3.63, 3.8) is 0 Å². The highest BCUT2D eigenvalue weighted by Crippen LogP contribution is 2.34. The maximum atomic E-state index is 12.9. The number of halogens is 2. The Kier molecular flexibility index (Phi) is 4.29. The van der Waals surface area contributed by atoms with Gasteiger partial charge in [0, 0.05) is 7.05 Å². The van der Waals surface area contributed by atoms with Crippen LogP contribution >= 0.6 is 0 Å². The molecule has 25 heavy (non-hydrogen) atoms. The highest BCUT2D eigenvalue weighted by Gasteiger charge is 2.28. The van der Waals surface area contributed by atoms with Crippen molar-refractivity contribution in [2.75, 3.05) is 24.2 Å². The number of hydrogen-bond acceptors (Lipinski definition) is 6. The van der Waals surface area contributed by atoms with Crippen molar-refractivity contribution in [1.29, 1.82) is 0 Å². The Morgan fingerprint density at radius 2 is 1.92 bits per heavy atom. The average molecular weight is 367 g/mol. The molecular weight excluding hydrogens is 352 g/mol. The van der Waals surface area contributed by atoms with Gasteiger partial charge in [-0.25, -0.2) is 27.2 Å². The molecule has 1 aromatic carbocycles. The van der Waals surface area contributed by atoms with E-state index in [4.69, 9.17) is 5.73 Å². The summed E-state index contributed by atoms with van der Waals surface area (Å²) in [6, 6.07) is 7.76. The molecule has 0 bridgehead atoms. The van der Waals surface area contributed by atoms with Gasteiger partial charge in [-0.1, -0.05) is 18.2 Å². The van der Waals surface area contributed by atoms with E-state index in [1.807, 2.05) is 0 Å². The number of alkyl halides is 2. The number of aromatic amines is 1.